The van der Waals surface area contributed by atoms with Gasteiger partial charge in [0, 0.05) is 12.6 Å². The summed E-state index contributed by atoms with van der Waals surface area (Å²) in [6.07, 6.45) is 3.86. The average molecular weight is 290 g/mol. The van der Waals surface area contributed by atoms with Gasteiger partial charge < -0.3 is 15.7 Å². The van der Waals surface area contributed by atoms with Crippen molar-refractivity contribution in [2.24, 2.45) is 5.73 Å². The lowest BCUT2D eigenvalue weighted by molar-refractivity contribution is -0.146. The number of carbonyl (C=O) groups excluding carboxylic acids is 1. The topological polar surface area (TPSA) is 83.6 Å². The molecule has 0 aliphatic heterocycles. The van der Waals surface area contributed by atoms with Gasteiger partial charge in [-0.3, -0.25) is 9.59 Å². The second-order valence-corrected chi connectivity index (χ2v) is 5.50. The first-order chi connectivity index (χ1) is 10.1. The highest BCUT2D eigenvalue weighted by atomic mass is 16.4. The van der Waals surface area contributed by atoms with E-state index in [1.165, 1.54) is 4.90 Å². The van der Waals surface area contributed by atoms with E-state index in [2.05, 4.69) is 0 Å². The Kier molecular flexibility index (Phi) is 5.33. The molecule has 1 fully saturated rings. The minimum absolute atomic E-state index is 0.0337. The summed E-state index contributed by atoms with van der Waals surface area (Å²) < 4.78 is 0. The van der Waals surface area contributed by atoms with Crippen LogP contribution in [0.25, 0.3) is 0 Å². The van der Waals surface area contributed by atoms with E-state index in [1.54, 1.807) is 0 Å². The number of hydrogen-bond acceptors (Lipinski definition) is 3. The van der Waals surface area contributed by atoms with Crippen LogP contribution in [0.1, 0.15) is 37.2 Å². The lowest BCUT2D eigenvalue weighted by Gasteiger charge is -2.31. The molecule has 2 rings (SSSR count). The Bertz CT molecular complexity index is 484. The van der Waals surface area contributed by atoms with E-state index in [0.717, 1.165) is 31.2 Å². The molecule has 0 aromatic heterocycles. The summed E-state index contributed by atoms with van der Waals surface area (Å²) in [5, 5.41) is 9.09. The fraction of sp³-hybridized carbons (Fsp3) is 0.500. The van der Waals surface area contributed by atoms with Gasteiger partial charge in [-0.15, -0.1) is 0 Å². The molecule has 21 heavy (non-hydrogen) atoms. The fourth-order valence-electron chi connectivity index (χ4n) is 3.01. The SMILES string of the molecule is NCC(C(=O)N(CC(=O)O)C1CCCC1)c1ccccc1. The van der Waals surface area contributed by atoms with Crippen molar-refractivity contribution in [1.29, 1.82) is 0 Å². The van der Waals surface area contributed by atoms with E-state index >= 15 is 0 Å². The smallest absolute Gasteiger partial charge is 0.323 e. The molecular formula is C16H22N2O3. The zero-order valence-corrected chi connectivity index (χ0v) is 12.1. The normalized spacial score (nSPS) is 16.6. The molecule has 0 radical (unpaired) electrons. The Morgan fingerprint density at radius 3 is 2.38 bits per heavy atom. The summed E-state index contributed by atoms with van der Waals surface area (Å²) in [5.41, 5.74) is 6.62. The number of aliphatic carboxylic acids is 1. The molecule has 0 bridgehead atoms. The van der Waals surface area contributed by atoms with Crippen molar-refractivity contribution in [3.05, 3.63) is 35.9 Å². The van der Waals surface area contributed by atoms with Gasteiger partial charge in [0.15, 0.2) is 0 Å². The lowest BCUT2D eigenvalue weighted by Crippen LogP contribution is -2.46. The third kappa shape index (κ3) is 3.82. The van der Waals surface area contributed by atoms with Gasteiger partial charge in [0.25, 0.3) is 0 Å². The van der Waals surface area contributed by atoms with E-state index in [1.807, 2.05) is 30.3 Å². The van der Waals surface area contributed by atoms with E-state index in [0.29, 0.717) is 0 Å². The van der Waals surface area contributed by atoms with E-state index in [-0.39, 0.29) is 25.0 Å². The molecule has 5 heteroatoms. The number of carboxylic acids is 1. The van der Waals surface area contributed by atoms with Gasteiger partial charge in [0.2, 0.25) is 5.91 Å². The Labute approximate surface area is 124 Å². The Balaban J connectivity index is 2.20. The van der Waals surface area contributed by atoms with Crippen LogP contribution in [0.5, 0.6) is 0 Å². The first-order valence-electron chi connectivity index (χ1n) is 7.40. The molecule has 5 nitrogen and oxygen atoms in total. The standard InChI is InChI=1S/C16H22N2O3/c17-10-14(12-6-2-1-3-7-12)16(21)18(11-15(19)20)13-8-4-5-9-13/h1-3,6-7,13-14H,4-5,8-11,17H2,(H,19,20). The van der Waals surface area contributed by atoms with Gasteiger partial charge in [0.1, 0.15) is 6.54 Å². The van der Waals surface area contributed by atoms with Crippen molar-refractivity contribution in [2.75, 3.05) is 13.1 Å². The molecule has 1 amide bonds. The van der Waals surface area contributed by atoms with Crippen molar-refractivity contribution in [3.63, 3.8) is 0 Å². The van der Waals surface area contributed by atoms with Crippen molar-refractivity contribution >= 4 is 11.9 Å². The Morgan fingerprint density at radius 1 is 1.24 bits per heavy atom. The number of nitrogens with two attached hydrogens (primary N) is 1. The highest BCUT2D eigenvalue weighted by Crippen LogP contribution is 2.27. The molecular weight excluding hydrogens is 268 g/mol. The first kappa shape index (κ1) is 15.5. The zero-order valence-electron chi connectivity index (χ0n) is 12.1. The number of carbonyl (C=O) groups is 2. The van der Waals surface area contributed by atoms with Gasteiger partial charge in [-0.1, -0.05) is 43.2 Å². The van der Waals surface area contributed by atoms with Crippen molar-refractivity contribution in [2.45, 2.75) is 37.6 Å². The maximum absolute atomic E-state index is 12.8. The Hall–Kier alpha value is -1.88. The van der Waals surface area contributed by atoms with Crippen LogP contribution in [-0.2, 0) is 9.59 Å². The van der Waals surface area contributed by atoms with E-state index in [9.17, 15) is 9.59 Å². The lowest BCUT2D eigenvalue weighted by atomic mass is 9.96. The highest BCUT2D eigenvalue weighted by molar-refractivity contribution is 5.87. The molecule has 1 unspecified atom stereocenters. The van der Waals surface area contributed by atoms with Gasteiger partial charge in [-0.25, -0.2) is 0 Å². The van der Waals surface area contributed by atoms with E-state index < -0.39 is 11.9 Å². The van der Waals surface area contributed by atoms with Crippen molar-refractivity contribution < 1.29 is 14.7 Å². The van der Waals surface area contributed by atoms with Crippen LogP contribution < -0.4 is 5.73 Å². The molecule has 3 N–H and O–H groups in total. The minimum atomic E-state index is -0.973. The minimum Gasteiger partial charge on any atom is -0.480 e. The van der Waals surface area contributed by atoms with Crippen LogP contribution in [0.2, 0.25) is 0 Å². The molecule has 0 saturated heterocycles. The third-order valence-electron chi connectivity index (χ3n) is 4.09. The molecule has 1 atom stereocenters. The van der Waals surface area contributed by atoms with Crippen LogP contribution in [0.4, 0.5) is 0 Å². The zero-order chi connectivity index (χ0) is 15.2. The Morgan fingerprint density at radius 2 is 1.86 bits per heavy atom. The predicted molar refractivity (Wildman–Crippen MR) is 79.8 cm³/mol. The molecule has 114 valence electrons. The molecule has 1 aliphatic rings. The maximum Gasteiger partial charge on any atom is 0.323 e. The number of nitrogens with zero attached hydrogens (tertiary/aromatic N) is 1. The number of carboxylic acid groups (broad SMARTS) is 1. The van der Waals surface area contributed by atoms with E-state index in [4.69, 9.17) is 10.8 Å². The largest absolute Gasteiger partial charge is 0.480 e. The summed E-state index contributed by atoms with van der Waals surface area (Å²) in [5.74, 6) is -1.61. The monoisotopic (exact) mass is 290 g/mol. The molecule has 1 aromatic carbocycles. The highest BCUT2D eigenvalue weighted by Gasteiger charge is 2.32. The van der Waals surface area contributed by atoms with Gasteiger partial charge in [-0.05, 0) is 18.4 Å². The van der Waals surface area contributed by atoms with Gasteiger partial charge >= 0.3 is 5.97 Å². The van der Waals surface area contributed by atoms with Crippen LogP contribution in [-0.4, -0.2) is 41.0 Å². The van der Waals surface area contributed by atoms with Crippen LogP contribution in [0.15, 0.2) is 30.3 Å². The van der Waals surface area contributed by atoms with Crippen LogP contribution in [0, 0.1) is 0 Å². The number of benzene rings is 1. The first-order valence-corrected chi connectivity index (χ1v) is 7.40. The summed E-state index contributed by atoms with van der Waals surface area (Å²) in [6, 6.07) is 9.37. The number of rotatable bonds is 6. The van der Waals surface area contributed by atoms with Crippen LogP contribution in [0.3, 0.4) is 0 Å². The van der Waals surface area contributed by atoms with Gasteiger partial charge in [0.05, 0.1) is 5.92 Å². The number of hydrogen-bond donors (Lipinski definition) is 2. The average Bonchev–Trinajstić information content (AvgIpc) is 3.00. The molecule has 0 heterocycles. The third-order valence-corrected chi connectivity index (χ3v) is 4.09. The molecule has 1 aromatic rings. The number of amides is 1. The van der Waals surface area contributed by atoms with Crippen molar-refractivity contribution in [3.8, 4) is 0 Å². The summed E-state index contributed by atoms with van der Waals surface area (Å²) >= 11 is 0. The predicted octanol–water partition coefficient (Wildman–Crippen LogP) is 1.58. The molecule has 0 spiro atoms. The summed E-state index contributed by atoms with van der Waals surface area (Å²) in [6.45, 7) is -0.0570. The molecule has 1 aliphatic carbocycles. The summed E-state index contributed by atoms with van der Waals surface area (Å²) in [4.78, 5) is 25.4. The quantitative estimate of drug-likeness (QED) is 0.833. The summed E-state index contributed by atoms with van der Waals surface area (Å²) in [7, 11) is 0. The van der Waals surface area contributed by atoms with Crippen LogP contribution >= 0.6 is 0 Å². The second kappa shape index (κ2) is 7.22. The van der Waals surface area contributed by atoms with Crippen molar-refractivity contribution in [1.82, 2.24) is 4.90 Å². The maximum atomic E-state index is 12.8. The fourth-order valence-corrected chi connectivity index (χ4v) is 3.01. The second-order valence-electron chi connectivity index (χ2n) is 5.50. The van der Waals surface area contributed by atoms with Gasteiger partial charge in [-0.2, -0.15) is 0 Å². The molecule has 1 saturated carbocycles.